The number of hydrogen-bond donors (Lipinski definition) is 2. The Kier molecular flexibility index (Phi) is 7.20. The summed E-state index contributed by atoms with van der Waals surface area (Å²) in [5, 5.41) is 10.4. The largest absolute Gasteiger partial charge is 0.482 e. The number of rotatable bonds is 6. The summed E-state index contributed by atoms with van der Waals surface area (Å²) in [5.41, 5.74) is 1.74. The van der Waals surface area contributed by atoms with Crippen LogP contribution in [-0.4, -0.2) is 48.5 Å². The first-order chi connectivity index (χ1) is 12.6. The van der Waals surface area contributed by atoms with Crippen molar-refractivity contribution in [3.05, 3.63) is 42.2 Å². The number of methoxy groups -OCH3 is 1. The molecule has 1 aromatic carbocycles. The average molecular weight is 395 g/mol. The summed E-state index contributed by atoms with van der Waals surface area (Å²) in [4.78, 5) is 23.8. The second-order valence-electron chi connectivity index (χ2n) is 6.20. The predicted octanol–water partition coefficient (Wildman–Crippen LogP) is 1.34. The highest BCUT2D eigenvalue weighted by molar-refractivity contribution is 5.93. The zero-order valence-electron chi connectivity index (χ0n) is 15.2. The van der Waals surface area contributed by atoms with Crippen molar-refractivity contribution in [3.8, 4) is 5.75 Å². The molecule has 3 rings (SSSR count). The lowest BCUT2D eigenvalue weighted by Gasteiger charge is -2.17. The van der Waals surface area contributed by atoms with Gasteiger partial charge in [0.2, 0.25) is 5.91 Å². The number of nitrogens with one attached hydrogen (secondary N) is 2. The van der Waals surface area contributed by atoms with Gasteiger partial charge in [-0.3, -0.25) is 9.48 Å². The summed E-state index contributed by atoms with van der Waals surface area (Å²) in [5.74, 6) is -0.00498. The number of ether oxygens (including phenoxy) is 2. The van der Waals surface area contributed by atoms with Gasteiger partial charge in [0.05, 0.1) is 19.2 Å². The molecule has 2 aromatic rings. The maximum absolute atomic E-state index is 12.7. The van der Waals surface area contributed by atoms with Crippen molar-refractivity contribution in [1.82, 2.24) is 15.1 Å². The molecule has 1 aromatic heterocycles. The van der Waals surface area contributed by atoms with Crippen molar-refractivity contribution in [3.63, 3.8) is 0 Å². The van der Waals surface area contributed by atoms with Gasteiger partial charge in [-0.1, -0.05) is 0 Å². The molecule has 0 unspecified atom stereocenters. The second-order valence-corrected chi connectivity index (χ2v) is 6.20. The molecule has 9 heteroatoms. The highest BCUT2D eigenvalue weighted by atomic mass is 35.5. The predicted molar refractivity (Wildman–Crippen MR) is 102 cm³/mol. The molecule has 2 atom stereocenters. The van der Waals surface area contributed by atoms with Crippen LogP contribution in [0.4, 0.5) is 5.69 Å². The highest BCUT2D eigenvalue weighted by Gasteiger charge is 2.34. The molecule has 1 fully saturated rings. The van der Waals surface area contributed by atoms with Crippen LogP contribution in [-0.2, 0) is 21.4 Å². The van der Waals surface area contributed by atoms with Gasteiger partial charge in [0.1, 0.15) is 5.75 Å². The fourth-order valence-corrected chi connectivity index (χ4v) is 3.01. The number of esters is 1. The van der Waals surface area contributed by atoms with E-state index in [0.717, 1.165) is 12.1 Å². The lowest BCUT2D eigenvalue weighted by Crippen LogP contribution is -2.28. The number of aromatic nitrogens is 2. The van der Waals surface area contributed by atoms with E-state index in [-0.39, 0.29) is 36.8 Å². The molecule has 0 saturated carbocycles. The minimum Gasteiger partial charge on any atom is -0.482 e. The van der Waals surface area contributed by atoms with Crippen molar-refractivity contribution in [2.24, 2.45) is 13.0 Å². The number of anilines is 1. The van der Waals surface area contributed by atoms with E-state index in [0.29, 0.717) is 18.0 Å². The van der Waals surface area contributed by atoms with E-state index in [1.54, 1.807) is 28.9 Å². The number of carbonyl (C=O) groups is 2. The number of amides is 1. The number of nitrogens with zero attached hydrogens (tertiary/aromatic N) is 2. The van der Waals surface area contributed by atoms with Crippen LogP contribution in [0.2, 0.25) is 0 Å². The lowest BCUT2D eigenvalue weighted by atomic mass is 9.90. The topological polar surface area (TPSA) is 94.5 Å². The average Bonchev–Trinajstić information content (AvgIpc) is 3.29. The summed E-state index contributed by atoms with van der Waals surface area (Å²) in [7, 11) is 3.17. The molecule has 1 aliphatic rings. The van der Waals surface area contributed by atoms with Crippen LogP contribution in [0.25, 0.3) is 0 Å². The molecule has 0 bridgehead atoms. The molecule has 2 heterocycles. The Bertz CT molecular complexity index is 778. The van der Waals surface area contributed by atoms with Crippen LogP contribution in [0.5, 0.6) is 5.75 Å². The molecule has 1 amide bonds. The molecule has 27 heavy (non-hydrogen) atoms. The summed E-state index contributed by atoms with van der Waals surface area (Å²) in [6.45, 7) is 1.23. The van der Waals surface area contributed by atoms with Gasteiger partial charge in [-0.25, -0.2) is 4.79 Å². The van der Waals surface area contributed by atoms with E-state index < -0.39 is 5.97 Å². The summed E-state index contributed by atoms with van der Waals surface area (Å²) in [6.07, 6.45) is 3.76. The van der Waals surface area contributed by atoms with Gasteiger partial charge in [-0.2, -0.15) is 5.10 Å². The molecule has 1 saturated heterocycles. The Labute approximate surface area is 163 Å². The number of halogens is 1. The first-order valence-corrected chi connectivity index (χ1v) is 8.36. The van der Waals surface area contributed by atoms with E-state index in [1.165, 1.54) is 7.11 Å². The van der Waals surface area contributed by atoms with Crippen molar-refractivity contribution < 1.29 is 19.1 Å². The maximum Gasteiger partial charge on any atom is 0.343 e. The molecule has 0 radical (unpaired) electrons. The van der Waals surface area contributed by atoms with E-state index in [4.69, 9.17) is 4.74 Å². The standard InChI is InChI=1S/C18H22N4O4.ClH/c1-22-10-12(7-20-22)15-8-19-9-16(15)18(24)21-13-3-5-14(6-4-13)26-11-17(23)25-2;/h3-7,10,15-16,19H,8-9,11H2,1-2H3,(H,21,24);1H/t15-,16+;/m1./s1. The van der Waals surface area contributed by atoms with Gasteiger partial charge in [-0.15, -0.1) is 12.4 Å². The van der Waals surface area contributed by atoms with Crippen LogP contribution in [0.15, 0.2) is 36.7 Å². The van der Waals surface area contributed by atoms with E-state index in [1.807, 2.05) is 19.4 Å². The van der Waals surface area contributed by atoms with Crippen LogP contribution in [0.3, 0.4) is 0 Å². The Morgan fingerprint density at radius 3 is 2.67 bits per heavy atom. The van der Waals surface area contributed by atoms with Crippen LogP contribution < -0.4 is 15.4 Å². The van der Waals surface area contributed by atoms with Gasteiger partial charge in [0, 0.05) is 37.9 Å². The minimum absolute atomic E-state index is 0. The highest BCUT2D eigenvalue weighted by Crippen LogP contribution is 2.29. The molecular formula is C18H23ClN4O4. The molecule has 0 spiro atoms. The quantitative estimate of drug-likeness (QED) is 0.718. The Balaban J connectivity index is 0.00000261. The minimum atomic E-state index is -0.447. The van der Waals surface area contributed by atoms with Crippen molar-refractivity contribution >= 4 is 30.0 Å². The molecule has 146 valence electrons. The van der Waals surface area contributed by atoms with Crippen LogP contribution >= 0.6 is 12.4 Å². The van der Waals surface area contributed by atoms with Crippen molar-refractivity contribution in [1.29, 1.82) is 0 Å². The van der Waals surface area contributed by atoms with E-state index in [2.05, 4.69) is 20.5 Å². The maximum atomic E-state index is 12.7. The fraction of sp³-hybridized carbons (Fsp3) is 0.389. The number of hydrogen-bond acceptors (Lipinski definition) is 6. The SMILES string of the molecule is COC(=O)COc1ccc(NC(=O)[C@H]2CNC[C@@H]2c2cnn(C)c2)cc1.Cl. The van der Waals surface area contributed by atoms with Crippen LogP contribution in [0.1, 0.15) is 11.5 Å². The van der Waals surface area contributed by atoms with Crippen molar-refractivity contribution in [2.45, 2.75) is 5.92 Å². The monoisotopic (exact) mass is 394 g/mol. The third-order valence-corrected chi connectivity index (χ3v) is 4.41. The Hall–Kier alpha value is -2.58. The third-order valence-electron chi connectivity index (χ3n) is 4.41. The summed E-state index contributed by atoms with van der Waals surface area (Å²) < 4.78 is 11.6. The summed E-state index contributed by atoms with van der Waals surface area (Å²) in [6, 6.07) is 6.88. The molecule has 8 nitrogen and oxygen atoms in total. The van der Waals surface area contributed by atoms with Crippen molar-refractivity contribution in [2.75, 3.05) is 32.1 Å². The molecular weight excluding hydrogens is 372 g/mol. The lowest BCUT2D eigenvalue weighted by molar-refractivity contribution is -0.142. The zero-order valence-corrected chi connectivity index (χ0v) is 16.0. The van der Waals surface area contributed by atoms with E-state index >= 15 is 0 Å². The van der Waals surface area contributed by atoms with Gasteiger partial charge in [-0.05, 0) is 29.8 Å². The Morgan fingerprint density at radius 2 is 2.04 bits per heavy atom. The first-order valence-electron chi connectivity index (χ1n) is 8.36. The third kappa shape index (κ3) is 5.21. The zero-order chi connectivity index (χ0) is 18.5. The van der Waals surface area contributed by atoms with Gasteiger partial charge < -0.3 is 20.1 Å². The van der Waals surface area contributed by atoms with Gasteiger partial charge >= 0.3 is 5.97 Å². The number of aryl methyl sites for hydroxylation is 1. The first kappa shape index (κ1) is 20.7. The second kappa shape index (κ2) is 9.38. The molecule has 0 aliphatic carbocycles. The smallest absolute Gasteiger partial charge is 0.343 e. The van der Waals surface area contributed by atoms with Gasteiger partial charge in [0.25, 0.3) is 0 Å². The van der Waals surface area contributed by atoms with Gasteiger partial charge in [0.15, 0.2) is 6.61 Å². The summed E-state index contributed by atoms with van der Waals surface area (Å²) >= 11 is 0. The Morgan fingerprint density at radius 1 is 1.30 bits per heavy atom. The van der Waals surface area contributed by atoms with E-state index in [9.17, 15) is 9.59 Å². The normalized spacial score (nSPS) is 18.4. The number of benzene rings is 1. The number of carbonyl (C=O) groups excluding carboxylic acids is 2. The molecule has 2 N–H and O–H groups in total. The fourth-order valence-electron chi connectivity index (χ4n) is 3.01. The van der Waals surface area contributed by atoms with Crippen LogP contribution in [0, 0.1) is 5.92 Å². The molecule has 1 aliphatic heterocycles.